The van der Waals surface area contributed by atoms with E-state index < -0.39 is 47.2 Å². The lowest BCUT2D eigenvalue weighted by atomic mass is 9.91. The molecular formula is C22H24F3NO5. The maximum absolute atomic E-state index is 13.3. The van der Waals surface area contributed by atoms with E-state index in [-0.39, 0.29) is 23.4 Å². The Kier molecular flexibility index (Phi) is 7.65. The molecule has 0 saturated heterocycles. The smallest absolute Gasteiger partial charge is 0.416 e. The topological polar surface area (TPSA) is 85.7 Å². The summed E-state index contributed by atoms with van der Waals surface area (Å²) in [7, 11) is 1.32. The molecule has 0 aliphatic carbocycles. The third-order valence-electron chi connectivity index (χ3n) is 5.03. The predicted molar refractivity (Wildman–Crippen MR) is 106 cm³/mol. The lowest BCUT2D eigenvalue weighted by molar-refractivity contribution is -0.153. The van der Waals surface area contributed by atoms with Crippen LogP contribution in [0.15, 0.2) is 36.5 Å². The van der Waals surface area contributed by atoms with Crippen LogP contribution in [0.1, 0.15) is 54.7 Å². The van der Waals surface area contributed by atoms with E-state index in [9.17, 15) is 27.9 Å². The summed E-state index contributed by atoms with van der Waals surface area (Å²) >= 11 is 0. The number of esters is 1. The van der Waals surface area contributed by atoms with Gasteiger partial charge in [-0.1, -0.05) is 32.0 Å². The number of Topliss-reactive ketones (excluding diaryl/α,β-unsaturated/α-hetero) is 1. The van der Waals surface area contributed by atoms with Gasteiger partial charge in [0.15, 0.2) is 23.0 Å². The van der Waals surface area contributed by atoms with Crippen LogP contribution >= 0.6 is 0 Å². The number of aromatic nitrogens is 1. The second kappa shape index (κ2) is 9.80. The number of benzene rings is 1. The number of pyridine rings is 1. The van der Waals surface area contributed by atoms with Crippen LogP contribution in [-0.2, 0) is 15.7 Å². The van der Waals surface area contributed by atoms with E-state index in [4.69, 9.17) is 9.47 Å². The monoisotopic (exact) mass is 439 g/mol. The zero-order valence-corrected chi connectivity index (χ0v) is 17.6. The first-order chi connectivity index (χ1) is 14.5. The molecule has 1 aromatic carbocycles. The molecular weight excluding hydrogens is 415 g/mol. The molecule has 3 atom stereocenters. The van der Waals surface area contributed by atoms with Gasteiger partial charge >= 0.3 is 12.1 Å². The second-order valence-electron chi connectivity index (χ2n) is 7.25. The van der Waals surface area contributed by atoms with Crippen LogP contribution in [0.25, 0.3) is 0 Å². The highest BCUT2D eigenvalue weighted by molar-refractivity contribution is 5.99. The number of carbonyl (C=O) groups is 2. The van der Waals surface area contributed by atoms with Crippen molar-refractivity contribution in [2.75, 3.05) is 7.11 Å². The van der Waals surface area contributed by atoms with Crippen molar-refractivity contribution in [1.29, 1.82) is 0 Å². The Hall–Kier alpha value is -3.10. The highest BCUT2D eigenvalue weighted by atomic mass is 19.4. The Bertz CT molecular complexity index is 945. The molecule has 0 spiro atoms. The number of methoxy groups -OCH3 is 1. The molecule has 168 valence electrons. The Labute approximate surface area is 178 Å². The first-order valence-corrected chi connectivity index (χ1v) is 9.59. The molecule has 0 amide bonds. The van der Waals surface area contributed by atoms with Crippen molar-refractivity contribution >= 4 is 11.8 Å². The van der Waals surface area contributed by atoms with Crippen LogP contribution < -0.4 is 4.74 Å². The SMILES string of the molecule is COc1ccnc(C(=O)C[C@@H](C)C(=O)O[C@H](C)[C@H](C)c2ccccc2C(F)(F)F)c1O. The van der Waals surface area contributed by atoms with E-state index in [0.717, 1.165) is 6.07 Å². The van der Waals surface area contributed by atoms with Crippen molar-refractivity contribution in [3.63, 3.8) is 0 Å². The maximum Gasteiger partial charge on any atom is 0.416 e. The molecule has 0 saturated carbocycles. The summed E-state index contributed by atoms with van der Waals surface area (Å²) in [5.41, 5.74) is -1.00. The lowest BCUT2D eigenvalue weighted by Gasteiger charge is -2.25. The van der Waals surface area contributed by atoms with Gasteiger partial charge in [-0.05, 0) is 18.6 Å². The van der Waals surface area contributed by atoms with Crippen molar-refractivity contribution in [2.24, 2.45) is 5.92 Å². The lowest BCUT2D eigenvalue weighted by Crippen LogP contribution is -2.27. The van der Waals surface area contributed by atoms with Crippen molar-refractivity contribution in [3.8, 4) is 11.5 Å². The highest BCUT2D eigenvalue weighted by Crippen LogP contribution is 2.36. The van der Waals surface area contributed by atoms with Gasteiger partial charge < -0.3 is 14.6 Å². The Morgan fingerprint density at radius 3 is 2.39 bits per heavy atom. The third-order valence-corrected chi connectivity index (χ3v) is 5.03. The Morgan fingerprint density at radius 2 is 1.77 bits per heavy atom. The average molecular weight is 439 g/mol. The van der Waals surface area contributed by atoms with Gasteiger partial charge in [-0.25, -0.2) is 4.98 Å². The Morgan fingerprint density at radius 1 is 1.13 bits per heavy atom. The number of alkyl halides is 3. The molecule has 31 heavy (non-hydrogen) atoms. The van der Waals surface area contributed by atoms with Crippen LogP contribution in [0.3, 0.4) is 0 Å². The molecule has 6 nitrogen and oxygen atoms in total. The minimum atomic E-state index is -4.53. The summed E-state index contributed by atoms with van der Waals surface area (Å²) in [5.74, 6) is -3.31. The molecule has 0 radical (unpaired) electrons. The van der Waals surface area contributed by atoms with E-state index in [1.54, 1.807) is 0 Å². The molecule has 1 N–H and O–H groups in total. The van der Waals surface area contributed by atoms with Gasteiger partial charge in [0.05, 0.1) is 18.6 Å². The first-order valence-electron chi connectivity index (χ1n) is 9.59. The van der Waals surface area contributed by atoms with E-state index >= 15 is 0 Å². The number of rotatable bonds is 8. The largest absolute Gasteiger partial charge is 0.503 e. The number of ketones is 1. The summed E-state index contributed by atoms with van der Waals surface area (Å²) in [5, 5.41) is 10.0. The normalized spacial score (nSPS) is 14.4. The van der Waals surface area contributed by atoms with Gasteiger partial charge in [-0.3, -0.25) is 9.59 Å². The standard InChI is InChI=1S/C22H24F3NO5/c1-12(11-17(27)19-20(28)18(30-4)9-10-26-19)21(29)31-14(3)13(2)15-7-5-6-8-16(15)22(23,24)25/h5-10,12-14,28H,11H2,1-4H3/t12-,13+,14-/m1/s1. The van der Waals surface area contributed by atoms with Gasteiger partial charge in [0.1, 0.15) is 6.10 Å². The summed E-state index contributed by atoms with van der Waals surface area (Å²) in [6.07, 6.45) is -4.40. The molecule has 9 heteroatoms. The van der Waals surface area contributed by atoms with Crippen LogP contribution in [-0.4, -0.2) is 35.1 Å². The van der Waals surface area contributed by atoms with Crippen LogP contribution in [0.2, 0.25) is 0 Å². The minimum Gasteiger partial charge on any atom is -0.503 e. The minimum absolute atomic E-state index is 0.0181. The summed E-state index contributed by atoms with van der Waals surface area (Å²) in [4.78, 5) is 28.7. The second-order valence-corrected chi connectivity index (χ2v) is 7.25. The van der Waals surface area contributed by atoms with E-state index in [1.807, 2.05) is 0 Å². The molecule has 2 aromatic rings. The van der Waals surface area contributed by atoms with Crippen LogP contribution in [0, 0.1) is 5.92 Å². The maximum atomic E-state index is 13.3. The Balaban J connectivity index is 2.07. The fourth-order valence-electron chi connectivity index (χ4n) is 3.07. The molecule has 0 unspecified atom stereocenters. The molecule has 2 rings (SSSR count). The molecule has 0 aliphatic heterocycles. The van der Waals surface area contributed by atoms with Gasteiger partial charge in [-0.2, -0.15) is 13.2 Å². The van der Waals surface area contributed by atoms with Crippen LogP contribution in [0.5, 0.6) is 11.5 Å². The van der Waals surface area contributed by atoms with E-state index in [0.29, 0.717) is 0 Å². The summed E-state index contributed by atoms with van der Waals surface area (Å²) in [6.45, 7) is 4.49. The zero-order valence-electron chi connectivity index (χ0n) is 17.6. The third kappa shape index (κ3) is 5.74. The number of aromatic hydroxyl groups is 1. The van der Waals surface area contributed by atoms with Crippen molar-refractivity contribution in [2.45, 2.75) is 45.4 Å². The number of halogens is 3. The highest BCUT2D eigenvalue weighted by Gasteiger charge is 2.36. The van der Waals surface area contributed by atoms with Gasteiger partial charge in [0.2, 0.25) is 0 Å². The molecule has 1 heterocycles. The van der Waals surface area contributed by atoms with E-state index in [2.05, 4.69) is 4.98 Å². The number of hydrogen-bond donors (Lipinski definition) is 1. The fraction of sp³-hybridized carbons (Fsp3) is 0.409. The molecule has 0 aliphatic rings. The van der Waals surface area contributed by atoms with Crippen molar-refractivity contribution in [3.05, 3.63) is 53.3 Å². The zero-order chi connectivity index (χ0) is 23.3. The quantitative estimate of drug-likeness (QED) is 0.472. The molecule has 1 aromatic heterocycles. The average Bonchev–Trinajstić information content (AvgIpc) is 2.72. The van der Waals surface area contributed by atoms with Gasteiger partial charge in [-0.15, -0.1) is 0 Å². The number of carbonyl (C=O) groups excluding carboxylic acids is 2. The fourth-order valence-corrected chi connectivity index (χ4v) is 3.07. The van der Waals surface area contributed by atoms with Gasteiger partial charge in [0, 0.05) is 24.6 Å². The molecule has 0 fully saturated rings. The van der Waals surface area contributed by atoms with Crippen LogP contribution in [0.4, 0.5) is 13.2 Å². The number of hydrogen-bond acceptors (Lipinski definition) is 6. The van der Waals surface area contributed by atoms with E-state index in [1.165, 1.54) is 58.3 Å². The van der Waals surface area contributed by atoms with Crippen molar-refractivity contribution < 1.29 is 37.3 Å². The predicted octanol–water partition coefficient (Wildman–Crippen LogP) is 4.76. The summed E-state index contributed by atoms with van der Waals surface area (Å²) < 4.78 is 50.1. The summed E-state index contributed by atoms with van der Waals surface area (Å²) in [6, 6.07) is 6.50. The van der Waals surface area contributed by atoms with Crippen molar-refractivity contribution in [1.82, 2.24) is 4.98 Å². The molecule has 0 bridgehead atoms. The number of nitrogens with zero attached hydrogens (tertiary/aromatic N) is 1. The van der Waals surface area contributed by atoms with Gasteiger partial charge in [0.25, 0.3) is 0 Å². The first kappa shape index (κ1) is 24.2. The number of ether oxygens (including phenoxy) is 2.